The van der Waals surface area contributed by atoms with Gasteiger partial charge in [0.15, 0.2) is 45.9 Å². The summed E-state index contributed by atoms with van der Waals surface area (Å²) in [6.07, 6.45) is 8.61. The number of nitrogens with zero attached hydrogens (tertiary/aromatic N) is 13. The first-order valence-electron chi connectivity index (χ1n) is 25.3. The van der Waals surface area contributed by atoms with E-state index in [1.165, 1.54) is 22.3 Å². The lowest BCUT2D eigenvalue weighted by Crippen LogP contribution is -2.31. The first-order chi connectivity index (χ1) is 36.9. The van der Waals surface area contributed by atoms with Gasteiger partial charge in [-0.3, -0.25) is 4.57 Å². The maximum atomic E-state index is 6.00. The fourth-order valence-corrected chi connectivity index (χ4v) is 10.6. The van der Waals surface area contributed by atoms with Crippen molar-refractivity contribution in [3.8, 4) is 45.5 Å². The summed E-state index contributed by atoms with van der Waals surface area (Å²) in [6, 6.07) is 21.4. The zero-order valence-corrected chi connectivity index (χ0v) is 45.3. The molecule has 0 saturated heterocycles. The van der Waals surface area contributed by atoms with Gasteiger partial charge < -0.3 is 38.5 Å². The number of pyridine rings is 4. The second-order valence-electron chi connectivity index (χ2n) is 20.2. The fourth-order valence-electron chi connectivity index (χ4n) is 9.88. The predicted octanol–water partition coefficient (Wildman–Crippen LogP) is 9.49. The fraction of sp³-hybridized carbons (Fsp3) is 0.321. The molecule has 0 aliphatic carbocycles. The molecule has 8 aromatic heterocycles. The Labute approximate surface area is 440 Å². The van der Waals surface area contributed by atoms with Crippen molar-refractivity contribution in [2.45, 2.75) is 72.2 Å². The Kier molecular flexibility index (Phi) is 13.6. The van der Waals surface area contributed by atoms with Gasteiger partial charge in [0.25, 0.3) is 0 Å². The summed E-state index contributed by atoms with van der Waals surface area (Å²) in [5.41, 5.74) is 14.7. The van der Waals surface area contributed by atoms with Crippen LogP contribution in [0.5, 0.6) is 23.0 Å². The molecule has 2 aromatic carbocycles. The molecule has 0 radical (unpaired) electrons. The number of rotatable bonds is 13. The van der Waals surface area contributed by atoms with Crippen LogP contribution in [0.25, 0.3) is 66.9 Å². The summed E-state index contributed by atoms with van der Waals surface area (Å²) in [5.74, 6) is 6.31. The molecule has 10 heterocycles. The minimum atomic E-state index is -1.14. The highest BCUT2D eigenvalue weighted by atomic mass is 28.3. The number of aryl methyl sites for hydroxylation is 2. The zero-order chi connectivity index (χ0) is 52.7. The highest BCUT2D eigenvalue weighted by Crippen LogP contribution is 2.38. The molecule has 76 heavy (non-hydrogen) atoms. The van der Waals surface area contributed by atoms with Crippen LogP contribution in [0.2, 0.25) is 25.7 Å². The van der Waals surface area contributed by atoms with Crippen molar-refractivity contribution in [2.75, 3.05) is 57.9 Å². The van der Waals surface area contributed by atoms with Crippen molar-refractivity contribution in [1.82, 2.24) is 59.4 Å². The van der Waals surface area contributed by atoms with Crippen molar-refractivity contribution >= 4 is 64.1 Å². The average Bonchev–Trinajstić information content (AvgIpc) is 4.00. The number of hydrogen-bond donors (Lipinski definition) is 1. The number of methoxy groups -OCH3 is 4. The van der Waals surface area contributed by atoms with Gasteiger partial charge in [0.05, 0.1) is 56.4 Å². The lowest BCUT2D eigenvalue weighted by Gasteiger charge is -2.30. The SMILES string of the molecule is COc1cc2c(cc1OC)CN(c1ncnc3ccc(-c4cnc5c(c4)nc(C)n5COCC[Si](C)(C)C)nc13)CC2.COc1cc2c(cc1OC)CN(c1ncnc3ccc(-c4cnc5nc(C)[nH]c5c4)nc13)CC2. The third-order valence-electron chi connectivity index (χ3n) is 14.0. The first-order valence-corrected chi connectivity index (χ1v) is 29.0. The summed E-state index contributed by atoms with van der Waals surface area (Å²) >= 11 is 0. The van der Waals surface area contributed by atoms with E-state index in [9.17, 15) is 0 Å². The van der Waals surface area contributed by atoms with Crippen LogP contribution in [0.4, 0.5) is 11.6 Å². The van der Waals surface area contributed by atoms with E-state index < -0.39 is 8.07 Å². The minimum absolute atomic E-state index is 0.450. The molecule has 19 nitrogen and oxygen atoms in total. The second kappa shape index (κ2) is 20.7. The van der Waals surface area contributed by atoms with E-state index in [0.29, 0.717) is 25.5 Å². The van der Waals surface area contributed by atoms with Gasteiger partial charge in [0, 0.05) is 64.4 Å². The van der Waals surface area contributed by atoms with Gasteiger partial charge in [-0.1, -0.05) is 19.6 Å². The molecule has 10 aromatic rings. The monoisotopic (exact) mass is 1040 g/mol. The Morgan fingerprint density at radius 2 is 1.09 bits per heavy atom. The summed E-state index contributed by atoms with van der Waals surface area (Å²) in [4.78, 5) is 54.4. The van der Waals surface area contributed by atoms with Crippen LogP contribution in [-0.4, -0.2) is 116 Å². The van der Waals surface area contributed by atoms with Crippen molar-refractivity contribution in [3.63, 3.8) is 0 Å². The smallest absolute Gasteiger partial charge is 0.177 e. The third kappa shape index (κ3) is 10.00. The number of aromatic nitrogens is 12. The Balaban J connectivity index is 0.000000166. The van der Waals surface area contributed by atoms with Crippen molar-refractivity contribution in [1.29, 1.82) is 0 Å². The molecule has 0 amide bonds. The van der Waals surface area contributed by atoms with E-state index >= 15 is 0 Å². The van der Waals surface area contributed by atoms with Gasteiger partial charge in [-0.25, -0.2) is 49.8 Å². The normalized spacial score (nSPS) is 13.4. The number of ether oxygens (including phenoxy) is 5. The maximum Gasteiger partial charge on any atom is 0.177 e. The van der Waals surface area contributed by atoms with Crippen LogP contribution in [0.3, 0.4) is 0 Å². The first kappa shape index (κ1) is 49.8. The molecular weight excluding hydrogens is 977 g/mol. The van der Waals surface area contributed by atoms with E-state index in [2.05, 4.69) is 88.6 Å². The molecule has 0 bridgehead atoms. The number of nitrogens with one attached hydrogen (secondary N) is 1. The molecule has 2 aliphatic heterocycles. The van der Waals surface area contributed by atoms with E-state index in [1.807, 2.05) is 61.0 Å². The Morgan fingerprint density at radius 1 is 0.566 bits per heavy atom. The van der Waals surface area contributed by atoms with E-state index in [0.717, 1.165) is 146 Å². The van der Waals surface area contributed by atoms with Crippen molar-refractivity contribution in [2.24, 2.45) is 0 Å². The summed E-state index contributed by atoms with van der Waals surface area (Å²) in [7, 11) is 5.51. The lowest BCUT2D eigenvalue weighted by atomic mass is 9.98. The average molecular weight is 1040 g/mol. The molecule has 0 unspecified atom stereocenters. The summed E-state index contributed by atoms with van der Waals surface area (Å²) in [5, 5.41) is 0. The Hall–Kier alpha value is -8.36. The van der Waals surface area contributed by atoms with Gasteiger partial charge in [-0.15, -0.1) is 0 Å². The van der Waals surface area contributed by atoms with Crippen LogP contribution in [-0.2, 0) is 37.4 Å². The highest BCUT2D eigenvalue weighted by Gasteiger charge is 2.25. The number of imidazole rings is 2. The number of aromatic amines is 1. The van der Waals surface area contributed by atoms with Gasteiger partial charge in [0.2, 0.25) is 0 Å². The number of anilines is 2. The van der Waals surface area contributed by atoms with Crippen LogP contribution in [0.1, 0.15) is 33.9 Å². The second-order valence-corrected chi connectivity index (χ2v) is 25.9. The van der Waals surface area contributed by atoms with Crippen molar-refractivity contribution < 1.29 is 23.7 Å². The topological polar surface area (TPSA) is 202 Å². The number of benzene rings is 2. The Bertz CT molecular complexity index is 3800. The molecule has 2 aliphatic rings. The molecular formula is C56H60N14O5Si. The predicted molar refractivity (Wildman–Crippen MR) is 296 cm³/mol. The molecule has 0 fully saturated rings. The number of fused-ring (bicyclic) bond motifs is 6. The van der Waals surface area contributed by atoms with Gasteiger partial charge in [-0.2, -0.15) is 0 Å². The summed E-state index contributed by atoms with van der Waals surface area (Å²) in [6.45, 7) is 15.2. The van der Waals surface area contributed by atoms with Crippen LogP contribution in [0, 0.1) is 13.8 Å². The molecule has 388 valence electrons. The molecule has 0 saturated carbocycles. The highest BCUT2D eigenvalue weighted by molar-refractivity contribution is 6.76. The van der Waals surface area contributed by atoms with Crippen LogP contribution >= 0.6 is 0 Å². The maximum absolute atomic E-state index is 6.00. The zero-order valence-electron chi connectivity index (χ0n) is 44.3. The molecule has 0 spiro atoms. The molecule has 0 atom stereocenters. The standard InChI is InChI=1S/C31H37N7O3Si.C25H23N7O2/c1-20-35-26-13-22(16-32-30(26)38(20)19-41-11-12-42(4,5)6)24-7-8-25-29(36-24)31(34-18-33-25)37-10-9-21-14-27(39-2)28(40-3)15-23(21)17-37;1-14-29-20-8-16(11-26-24(20)30-14)18-4-5-19-23(31-18)25(28-13-27-19)32-7-6-15-9-21(33-2)22(34-3)10-17(15)12-32/h7-8,13-16,18H,9-12,17,19H2,1-6H3;4-5,8-11,13H,6-7,12H2,1-3H3,(H,26,29,30). The van der Waals surface area contributed by atoms with E-state index in [1.54, 1.807) is 47.3 Å². The largest absolute Gasteiger partial charge is 0.493 e. The third-order valence-corrected chi connectivity index (χ3v) is 15.7. The number of H-pyrrole nitrogens is 1. The lowest BCUT2D eigenvalue weighted by molar-refractivity contribution is 0.0881. The van der Waals surface area contributed by atoms with E-state index in [4.69, 9.17) is 43.6 Å². The van der Waals surface area contributed by atoms with E-state index in [-0.39, 0.29) is 0 Å². The van der Waals surface area contributed by atoms with Gasteiger partial charge in [0.1, 0.15) is 47.6 Å². The molecule has 1 N–H and O–H groups in total. The number of hydrogen-bond acceptors (Lipinski definition) is 17. The Morgan fingerprint density at radius 3 is 1.63 bits per heavy atom. The molecule has 20 heteroatoms. The van der Waals surface area contributed by atoms with Crippen LogP contribution < -0.4 is 28.7 Å². The summed E-state index contributed by atoms with van der Waals surface area (Å²) < 4.78 is 30.1. The minimum Gasteiger partial charge on any atom is -0.493 e. The molecule has 12 rings (SSSR count). The van der Waals surface area contributed by atoms with Crippen LogP contribution in [0.15, 0.2) is 85.7 Å². The van der Waals surface area contributed by atoms with Gasteiger partial charge >= 0.3 is 0 Å². The van der Waals surface area contributed by atoms with Gasteiger partial charge in [-0.05, 0) is 116 Å². The van der Waals surface area contributed by atoms with Crippen molar-refractivity contribution in [3.05, 3.63) is 120 Å². The quantitative estimate of drug-likeness (QED) is 0.0844.